The average Bonchev–Trinajstić information content (AvgIpc) is 2.59. The van der Waals surface area contributed by atoms with Crippen LogP contribution in [0.1, 0.15) is 37.4 Å². The number of carbonyl (C=O) groups excluding carboxylic acids is 1. The molecule has 0 unspecified atom stereocenters. The van der Waals surface area contributed by atoms with Gasteiger partial charge in [0.15, 0.2) is 0 Å². The first-order chi connectivity index (χ1) is 12.6. The normalized spacial score (nSPS) is 13.7. The zero-order chi connectivity index (χ0) is 20.2. The molecular formula is C20H25FN2O3S. The Bertz CT molecular complexity index is 898. The predicted molar refractivity (Wildman–Crippen MR) is 106 cm³/mol. The molecule has 27 heavy (non-hydrogen) atoms. The van der Waals surface area contributed by atoms with Crippen molar-refractivity contribution in [1.82, 2.24) is 5.32 Å². The highest BCUT2D eigenvalue weighted by Gasteiger charge is 2.33. The van der Waals surface area contributed by atoms with Gasteiger partial charge in [0.05, 0.1) is 18.0 Å². The number of rotatable bonds is 7. The summed E-state index contributed by atoms with van der Waals surface area (Å²) in [6.45, 7) is 5.49. The lowest BCUT2D eigenvalue weighted by Crippen LogP contribution is -2.50. The maximum atomic E-state index is 14.3. The summed E-state index contributed by atoms with van der Waals surface area (Å²) in [6, 6.07) is 11.9. The van der Waals surface area contributed by atoms with Crippen molar-refractivity contribution in [3.63, 3.8) is 0 Å². The molecule has 5 nitrogen and oxygen atoms in total. The van der Waals surface area contributed by atoms with E-state index in [1.807, 2.05) is 38.1 Å². The molecule has 2 rings (SSSR count). The molecule has 2 aromatic rings. The summed E-state index contributed by atoms with van der Waals surface area (Å²) in [4.78, 5) is 12.9. The fourth-order valence-electron chi connectivity index (χ4n) is 2.91. The quantitative estimate of drug-likeness (QED) is 0.784. The van der Waals surface area contributed by atoms with Crippen LogP contribution in [0.25, 0.3) is 0 Å². The Morgan fingerprint density at radius 3 is 2.26 bits per heavy atom. The van der Waals surface area contributed by atoms with Crippen molar-refractivity contribution in [3.05, 3.63) is 65.5 Å². The fourth-order valence-corrected chi connectivity index (χ4v) is 4.13. The van der Waals surface area contributed by atoms with Gasteiger partial charge in [0.2, 0.25) is 15.9 Å². The number of aryl methyl sites for hydroxylation is 1. The number of para-hydroxylation sites is 1. The molecule has 0 spiro atoms. The molecule has 7 heteroatoms. The Balaban J connectivity index is 2.32. The summed E-state index contributed by atoms with van der Waals surface area (Å²) in [6.07, 6.45) is 1.17. The number of hydrogen-bond acceptors (Lipinski definition) is 3. The zero-order valence-corrected chi connectivity index (χ0v) is 16.8. The van der Waals surface area contributed by atoms with Crippen molar-refractivity contribution >= 4 is 21.6 Å². The van der Waals surface area contributed by atoms with Crippen molar-refractivity contribution in [1.29, 1.82) is 0 Å². The van der Waals surface area contributed by atoms with Crippen molar-refractivity contribution in [3.8, 4) is 0 Å². The van der Waals surface area contributed by atoms with Gasteiger partial charge in [-0.3, -0.25) is 9.10 Å². The van der Waals surface area contributed by atoms with Gasteiger partial charge in [0.25, 0.3) is 0 Å². The molecule has 2 aromatic carbocycles. The number of carbonyl (C=O) groups is 1. The summed E-state index contributed by atoms with van der Waals surface area (Å²) in [5, 5.41) is 2.84. The van der Waals surface area contributed by atoms with E-state index in [-0.39, 0.29) is 18.2 Å². The van der Waals surface area contributed by atoms with Gasteiger partial charge in [-0.05, 0) is 38.0 Å². The largest absolute Gasteiger partial charge is 0.348 e. The third-order valence-electron chi connectivity index (χ3n) is 4.36. The number of sulfonamides is 1. The summed E-state index contributed by atoms with van der Waals surface area (Å²) in [5.74, 6) is -1.17. The second-order valence-electron chi connectivity index (χ2n) is 6.58. The molecule has 2 atom stereocenters. The van der Waals surface area contributed by atoms with Crippen LogP contribution in [0.2, 0.25) is 0 Å². The second kappa shape index (κ2) is 8.52. The van der Waals surface area contributed by atoms with E-state index in [2.05, 4.69) is 5.32 Å². The van der Waals surface area contributed by atoms with Crippen LogP contribution in [0.3, 0.4) is 0 Å². The van der Waals surface area contributed by atoms with E-state index < -0.39 is 27.8 Å². The first-order valence-electron chi connectivity index (χ1n) is 8.76. The molecule has 0 aromatic heterocycles. The van der Waals surface area contributed by atoms with Crippen LogP contribution < -0.4 is 9.62 Å². The molecule has 0 bridgehead atoms. The number of anilines is 1. The van der Waals surface area contributed by atoms with Gasteiger partial charge in [0.1, 0.15) is 11.9 Å². The van der Waals surface area contributed by atoms with Crippen LogP contribution in [-0.2, 0) is 14.8 Å². The third kappa shape index (κ3) is 5.07. The van der Waals surface area contributed by atoms with Crippen molar-refractivity contribution in [2.24, 2.45) is 0 Å². The molecule has 1 N–H and O–H groups in total. The van der Waals surface area contributed by atoms with Crippen LogP contribution in [0.4, 0.5) is 10.1 Å². The molecular weight excluding hydrogens is 367 g/mol. The predicted octanol–water partition coefficient (Wildman–Crippen LogP) is 3.56. The number of halogens is 1. The molecule has 0 aliphatic carbocycles. The summed E-state index contributed by atoms with van der Waals surface area (Å²) in [5.41, 5.74) is 1.87. The summed E-state index contributed by atoms with van der Waals surface area (Å²) < 4.78 is 39.8. The Kier molecular flexibility index (Phi) is 6.59. The van der Waals surface area contributed by atoms with Crippen LogP contribution >= 0.6 is 0 Å². The maximum absolute atomic E-state index is 14.3. The first kappa shape index (κ1) is 20.9. The lowest BCUT2D eigenvalue weighted by atomic mass is 10.1. The topological polar surface area (TPSA) is 66.5 Å². The van der Waals surface area contributed by atoms with Gasteiger partial charge in [-0.15, -0.1) is 0 Å². The SMILES string of the molecule is CC[C@H](C(=O)N[C@@H](C)c1ccc(C)cc1)N(c1ccccc1F)S(C)(=O)=O. The minimum absolute atomic E-state index is 0.134. The molecule has 0 radical (unpaired) electrons. The molecule has 0 aliphatic heterocycles. The highest BCUT2D eigenvalue weighted by Crippen LogP contribution is 2.26. The fraction of sp³-hybridized carbons (Fsp3) is 0.350. The van der Waals surface area contributed by atoms with Crippen LogP contribution in [-0.4, -0.2) is 26.6 Å². The summed E-state index contributed by atoms with van der Waals surface area (Å²) >= 11 is 0. The van der Waals surface area contributed by atoms with E-state index >= 15 is 0 Å². The van der Waals surface area contributed by atoms with Gasteiger partial charge < -0.3 is 5.32 Å². The van der Waals surface area contributed by atoms with E-state index in [1.165, 1.54) is 24.3 Å². The Labute approximate surface area is 160 Å². The first-order valence-corrected chi connectivity index (χ1v) is 10.6. The minimum Gasteiger partial charge on any atom is -0.348 e. The van der Waals surface area contributed by atoms with E-state index in [1.54, 1.807) is 6.92 Å². The molecule has 0 aliphatic rings. The van der Waals surface area contributed by atoms with Gasteiger partial charge in [-0.1, -0.05) is 48.9 Å². The van der Waals surface area contributed by atoms with E-state index in [0.29, 0.717) is 0 Å². The smallest absolute Gasteiger partial charge is 0.244 e. The maximum Gasteiger partial charge on any atom is 0.244 e. The van der Waals surface area contributed by atoms with E-state index in [0.717, 1.165) is 21.7 Å². The molecule has 1 amide bonds. The van der Waals surface area contributed by atoms with Crippen LogP contribution in [0, 0.1) is 12.7 Å². The van der Waals surface area contributed by atoms with Crippen LogP contribution in [0.5, 0.6) is 0 Å². The third-order valence-corrected chi connectivity index (χ3v) is 5.52. The number of hydrogen-bond donors (Lipinski definition) is 1. The number of nitrogens with zero attached hydrogens (tertiary/aromatic N) is 1. The zero-order valence-electron chi connectivity index (χ0n) is 15.9. The Morgan fingerprint density at radius 1 is 1.15 bits per heavy atom. The molecule has 0 saturated carbocycles. The number of amides is 1. The van der Waals surface area contributed by atoms with Crippen LogP contribution in [0.15, 0.2) is 48.5 Å². The van der Waals surface area contributed by atoms with E-state index in [4.69, 9.17) is 0 Å². The highest BCUT2D eigenvalue weighted by atomic mass is 32.2. The van der Waals surface area contributed by atoms with Gasteiger partial charge in [-0.25, -0.2) is 12.8 Å². The van der Waals surface area contributed by atoms with Gasteiger partial charge in [0, 0.05) is 0 Å². The van der Waals surface area contributed by atoms with Gasteiger partial charge in [-0.2, -0.15) is 0 Å². The van der Waals surface area contributed by atoms with Crippen molar-refractivity contribution in [2.45, 2.75) is 39.3 Å². The number of benzene rings is 2. The second-order valence-corrected chi connectivity index (χ2v) is 8.43. The molecule has 0 saturated heterocycles. The molecule has 0 fully saturated rings. The lowest BCUT2D eigenvalue weighted by Gasteiger charge is -2.31. The molecule has 0 heterocycles. The van der Waals surface area contributed by atoms with Crippen molar-refractivity contribution < 1.29 is 17.6 Å². The van der Waals surface area contributed by atoms with Crippen molar-refractivity contribution in [2.75, 3.05) is 10.6 Å². The van der Waals surface area contributed by atoms with Gasteiger partial charge >= 0.3 is 0 Å². The minimum atomic E-state index is -3.87. The lowest BCUT2D eigenvalue weighted by molar-refractivity contribution is -0.122. The molecule has 146 valence electrons. The highest BCUT2D eigenvalue weighted by molar-refractivity contribution is 7.92. The average molecular weight is 392 g/mol. The Morgan fingerprint density at radius 2 is 1.74 bits per heavy atom. The summed E-state index contributed by atoms with van der Waals surface area (Å²) in [7, 11) is -3.87. The number of nitrogens with one attached hydrogen (secondary N) is 1. The Hall–Kier alpha value is -2.41. The standard InChI is InChI=1S/C20H25FN2O3S/c1-5-18(20(24)22-15(3)16-12-10-14(2)11-13-16)23(27(4,25)26)19-9-7-6-8-17(19)21/h6-13,15,18H,5H2,1-4H3,(H,22,24)/t15-,18+/m0/s1. The monoisotopic (exact) mass is 392 g/mol. The van der Waals surface area contributed by atoms with E-state index in [9.17, 15) is 17.6 Å².